The highest BCUT2D eigenvalue weighted by molar-refractivity contribution is 7.91. The van der Waals surface area contributed by atoms with Crippen molar-refractivity contribution < 1.29 is 112 Å². The Morgan fingerprint density at radius 1 is 0.607 bits per heavy atom. The standard InChI is InChI=1S/C82H89N9O24S2/c1-50-14-19-62(20-15-50)116(101,102)33-22-66(93)53-12-9-13-54(34-53)78(97)83-24-29-108-31-32-109-49-59-47-89(88-87-59)25-30-107-28-23-84-79(98)55-17-21-67(112-82-77(96)76(95)75(94)73(48-92)113-82)72(37-55)115-117(103,104)114-61-18-16-52-35-60-44-85-65-42-71(69(106-3)41-64(65)81(100)90(60)46-58(52)36-61)111-27-8-4-7-26-110-70-38-57-43-86-74-39-51-10-5-6-11-56(51)45-91(74)80(99)63(57)40-68(70)105-2/h5-6,9-21,34,36-38,40-44,47,60,73-77,82,92,94-96H,4,7-8,22-33,35,39,45-46,48-49H2,1-3H3,(H,83,97)(H,84,98)/t60-,73+,74-,75-,76-,77+,82?/m0/s1. The van der Waals surface area contributed by atoms with Gasteiger partial charge in [-0.05, 0) is 128 Å². The molecule has 0 spiro atoms. The van der Waals surface area contributed by atoms with E-state index in [1.54, 1.807) is 83.0 Å². The Balaban J connectivity index is 0.547. The van der Waals surface area contributed by atoms with Gasteiger partial charge in [0.15, 0.2) is 50.1 Å². The van der Waals surface area contributed by atoms with Gasteiger partial charge in [-0.3, -0.25) is 34.0 Å². The quantitative estimate of drug-likeness (QED) is 0.0196. The number of aliphatic hydroxyl groups is 4. The Morgan fingerprint density at radius 3 is 2.03 bits per heavy atom. The van der Waals surface area contributed by atoms with Gasteiger partial charge in [0.1, 0.15) is 42.0 Å². The smallest absolute Gasteiger partial charge is 0.493 e. The van der Waals surface area contributed by atoms with Crippen LogP contribution in [-0.4, -0.2) is 233 Å². The van der Waals surface area contributed by atoms with E-state index in [1.807, 2.05) is 25.1 Å². The number of ketones is 1. The zero-order valence-electron chi connectivity index (χ0n) is 64.2. The molecule has 33 nitrogen and oxygen atoms in total. The molecule has 13 rings (SSSR count). The highest BCUT2D eigenvalue weighted by Gasteiger charge is 2.46. The first kappa shape index (κ1) is 83.7. The molecule has 1 saturated heterocycles. The first-order valence-corrected chi connectivity index (χ1v) is 40.9. The first-order chi connectivity index (χ1) is 56.5. The normalized spacial score (nSPS) is 18.6. The minimum absolute atomic E-state index is 0.00669. The summed E-state index contributed by atoms with van der Waals surface area (Å²) in [5, 5.41) is 55.3. The van der Waals surface area contributed by atoms with Crippen LogP contribution in [0.1, 0.15) is 117 Å². The molecule has 35 heteroatoms. The Bertz CT molecular complexity index is 5240. The number of fused-ring (bicyclic) bond motifs is 6. The number of aliphatic hydroxyl groups excluding tert-OH is 4. The number of carbonyl (C=O) groups excluding carboxylic acids is 5. The van der Waals surface area contributed by atoms with E-state index in [0.29, 0.717) is 96.5 Å². The summed E-state index contributed by atoms with van der Waals surface area (Å²) < 4.78 is 118. The lowest BCUT2D eigenvalue weighted by Crippen LogP contribution is -2.60. The van der Waals surface area contributed by atoms with Gasteiger partial charge in [0, 0.05) is 79.8 Å². The van der Waals surface area contributed by atoms with E-state index in [2.05, 4.69) is 27.0 Å². The number of benzene rings is 7. The monoisotopic (exact) mass is 1650 g/mol. The predicted molar refractivity (Wildman–Crippen MR) is 420 cm³/mol. The highest BCUT2D eigenvalue weighted by atomic mass is 32.3. The van der Waals surface area contributed by atoms with Gasteiger partial charge in [0.2, 0.25) is 6.29 Å². The first-order valence-electron chi connectivity index (χ1n) is 38.0. The molecule has 1 unspecified atom stereocenters. The molecule has 1 fully saturated rings. The maximum atomic E-state index is 14.5. The van der Waals surface area contributed by atoms with E-state index in [4.69, 9.17) is 61.0 Å². The fourth-order valence-corrected chi connectivity index (χ4v) is 15.7. The number of sulfone groups is 1. The van der Waals surface area contributed by atoms with Crippen LogP contribution >= 0.6 is 0 Å². The summed E-state index contributed by atoms with van der Waals surface area (Å²) in [7, 11) is -5.81. The van der Waals surface area contributed by atoms with Crippen LogP contribution in [0.2, 0.25) is 0 Å². The van der Waals surface area contributed by atoms with Crippen molar-refractivity contribution in [3.63, 3.8) is 0 Å². The second-order valence-corrected chi connectivity index (χ2v) is 31.4. The number of rotatable bonds is 38. The lowest BCUT2D eigenvalue weighted by Gasteiger charge is -2.39. The van der Waals surface area contributed by atoms with Gasteiger partial charge in [0.25, 0.3) is 23.6 Å². The number of aryl methyl sites for hydroxylation is 1. The molecule has 117 heavy (non-hydrogen) atoms. The van der Waals surface area contributed by atoms with Crippen molar-refractivity contribution in [2.24, 2.45) is 9.98 Å². The van der Waals surface area contributed by atoms with Crippen LogP contribution in [0, 0.1) is 6.92 Å². The molecule has 4 amide bonds. The Morgan fingerprint density at radius 2 is 1.28 bits per heavy atom. The second-order valence-electron chi connectivity index (χ2n) is 28.1. The molecule has 1 aromatic heterocycles. The van der Waals surface area contributed by atoms with Crippen LogP contribution in [0.15, 0.2) is 155 Å². The van der Waals surface area contributed by atoms with Crippen LogP contribution in [0.25, 0.3) is 0 Å². The molecule has 7 aromatic carbocycles. The molecular weight excluding hydrogens is 1560 g/mol. The van der Waals surface area contributed by atoms with E-state index in [0.717, 1.165) is 35.2 Å². The number of unbranched alkanes of at least 4 members (excludes halogenated alkanes) is 2. The maximum Gasteiger partial charge on any atom is 0.501 e. The average molecular weight is 1650 g/mol. The Kier molecular flexibility index (Phi) is 27.3. The number of amides is 4. The number of hydrogen-bond donors (Lipinski definition) is 6. The molecule has 6 heterocycles. The van der Waals surface area contributed by atoms with E-state index in [-0.39, 0.29) is 129 Å². The van der Waals surface area contributed by atoms with E-state index >= 15 is 0 Å². The molecule has 0 radical (unpaired) electrons. The number of nitrogens with one attached hydrogen (secondary N) is 2. The summed E-state index contributed by atoms with van der Waals surface area (Å²) in [5.74, 6) is -2.08. The average Bonchev–Trinajstić information content (AvgIpc) is 1.67. The summed E-state index contributed by atoms with van der Waals surface area (Å²) >= 11 is 0. The zero-order chi connectivity index (χ0) is 82.3. The molecule has 8 aromatic rings. The van der Waals surface area contributed by atoms with Crippen molar-refractivity contribution in [2.75, 3.05) is 85.9 Å². The fourth-order valence-electron chi connectivity index (χ4n) is 13.7. The van der Waals surface area contributed by atoms with E-state index < -0.39 is 92.7 Å². The molecule has 0 saturated carbocycles. The molecule has 7 atom stereocenters. The summed E-state index contributed by atoms with van der Waals surface area (Å²) in [6.45, 7) is 3.51. The molecule has 0 bridgehead atoms. The maximum absolute atomic E-state index is 14.5. The molecule has 5 aliphatic heterocycles. The lowest BCUT2D eigenvalue weighted by atomic mass is 9.94. The summed E-state index contributed by atoms with van der Waals surface area (Å²) in [5.41, 5.74) is 7.09. The lowest BCUT2D eigenvalue weighted by molar-refractivity contribution is -0.277. The number of hydrogen-bond acceptors (Lipinski definition) is 28. The Labute approximate surface area is 674 Å². The van der Waals surface area contributed by atoms with E-state index in [1.165, 1.54) is 66.9 Å². The van der Waals surface area contributed by atoms with Crippen molar-refractivity contribution in [1.82, 2.24) is 35.4 Å². The number of Topliss-reactive ketones (excluding diaryl/α,β-unsaturated/α-hetero) is 1. The van der Waals surface area contributed by atoms with Gasteiger partial charge in [-0.15, -0.1) is 13.5 Å². The van der Waals surface area contributed by atoms with Crippen molar-refractivity contribution >= 4 is 67.8 Å². The van der Waals surface area contributed by atoms with Gasteiger partial charge in [-0.2, -0.15) is 0 Å². The van der Waals surface area contributed by atoms with E-state index in [9.17, 15) is 61.2 Å². The number of aliphatic imine (C=N–C) groups is 2. The third-order valence-electron chi connectivity index (χ3n) is 20.1. The van der Waals surface area contributed by atoms with Gasteiger partial charge in [-0.25, -0.2) is 13.1 Å². The topological polar surface area (TPSA) is 422 Å². The molecule has 0 aliphatic carbocycles. The third-order valence-corrected chi connectivity index (χ3v) is 22.6. The van der Waals surface area contributed by atoms with Crippen LogP contribution in [0.3, 0.4) is 0 Å². The molecular formula is C82H89N9O24S2. The van der Waals surface area contributed by atoms with Gasteiger partial charge in [0.05, 0.1) is 120 Å². The van der Waals surface area contributed by atoms with Gasteiger partial charge in [-0.1, -0.05) is 65.4 Å². The Hall–Kier alpha value is -11.3. The number of carbonyl (C=O) groups is 5. The van der Waals surface area contributed by atoms with Gasteiger partial charge < -0.3 is 91.9 Å². The van der Waals surface area contributed by atoms with Crippen molar-refractivity contribution in [3.05, 3.63) is 207 Å². The third kappa shape index (κ3) is 20.8. The van der Waals surface area contributed by atoms with Crippen LogP contribution in [-0.2, 0) is 78.3 Å². The molecule has 5 aliphatic rings. The minimum Gasteiger partial charge on any atom is -0.493 e. The molecule has 618 valence electrons. The number of aromatic nitrogens is 3. The number of ether oxygens (including phenoxy) is 9. The largest absolute Gasteiger partial charge is 0.501 e. The minimum atomic E-state index is -5.14. The van der Waals surface area contributed by atoms with Crippen molar-refractivity contribution in [3.8, 4) is 40.2 Å². The van der Waals surface area contributed by atoms with Crippen molar-refractivity contribution in [1.29, 1.82) is 0 Å². The second kappa shape index (κ2) is 38.2. The number of methoxy groups -OCH3 is 2. The summed E-state index contributed by atoms with van der Waals surface area (Å²) in [6.07, 6.45) is -1.24. The zero-order valence-corrected chi connectivity index (χ0v) is 65.9. The summed E-state index contributed by atoms with van der Waals surface area (Å²) in [6, 6.07) is 34.7. The fraction of sp³-hybridized carbons (Fsp3) is 0.378. The number of nitrogens with zero attached hydrogens (tertiary/aromatic N) is 7. The van der Waals surface area contributed by atoms with Crippen LogP contribution in [0.5, 0.6) is 40.2 Å². The SMILES string of the molecule is COc1cc2c(cc1OCCCCCOc1cc3c(cc1OC)C(=O)N1Cc4cc(OS(=O)(=O)Oc5cc(C(=O)NCCOCCn6cc(COCCOCCNC(=O)c7cccc(C(=O)CCS(=O)(=O)c8ccc(C)cc8)c7)nn6)ccc5OC5O[C@H](CO)[C@H](O)[C@H](O)[C@H]5O)ccc4C[C@H]1C=N3)C=N[C@@H]1Cc3ccccc3CN1C2=O. The van der Waals surface area contributed by atoms with Crippen LogP contribution < -0.4 is 42.7 Å². The summed E-state index contributed by atoms with van der Waals surface area (Å²) in [4.78, 5) is 80.8. The predicted octanol–water partition coefficient (Wildman–Crippen LogP) is 5.81. The van der Waals surface area contributed by atoms with Crippen molar-refractivity contribution in [2.45, 2.75) is 119 Å². The van der Waals surface area contributed by atoms with Gasteiger partial charge >= 0.3 is 10.4 Å². The van der Waals surface area contributed by atoms with Crippen LogP contribution in [0.4, 0.5) is 5.69 Å². The molecule has 6 N–H and O–H groups in total. The highest BCUT2D eigenvalue weighted by Crippen LogP contribution is 2.41.